The van der Waals surface area contributed by atoms with Crippen LogP contribution in [0.4, 0.5) is 0 Å². The maximum Gasteiger partial charge on any atom is 0.273 e. The second kappa shape index (κ2) is 7.94. The summed E-state index contributed by atoms with van der Waals surface area (Å²) in [6, 6.07) is 9.09. The van der Waals surface area contributed by atoms with Crippen molar-refractivity contribution in [1.82, 2.24) is 10.5 Å². The predicted molar refractivity (Wildman–Crippen MR) is 87.2 cm³/mol. The quantitative estimate of drug-likeness (QED) is 0.778. The van der Waals surface area contributed by atoms with Crippen molar-refractivity contribution in [3.05, 3.63) is 36.0 Å². The number of para-hydroxylation sites is 1. The van der Waals surface area contributed by atoms with Crippen molar-refractivity contribution in [3.8, 4) is 17.1 Å². The fourth-order valence-corrected chi connectivity index (χ4v) is 2.71. The van der Waals surface area contributed by atoms with Crippen molar-refractivity contribution in [2.45, 2.75) is 0 Å². The molecule has 0 aliphatic carbocycles. The van der Waals surface area contributed by atoms with Crippen molar-refractivity contribution in [1.29, 1.82) is 0 Å². The number of rotatable bonds is 6. The monoisotopic (exact) mass is 332 g/mol. The lowest BCUT2D eigenvalue weighted by molar-refractivity contribution is -0.906. The summed E-state index contributed by atoms with van der Waals surface area (Å²) in [7, 11) is 1.59. The van der Waals surface area contributed by atoms with Crippen molar-refractivity contribution < 1.29 is 23.7 Å². The molecule has 1 saturated heterocycles. The number of amides is 1. The summed E-state index contributed by atoms with van der Waals surface area (Å²) in [6.07, 6.45) is 0. The smallest absolute Gasteiger partial charge is 0.273 e. The molecule has 0 atom stereocenters. The van der Waals surface area contributed by atoms with Crippen molar-refractivity contribution >= 4 is 5.91 Å². The van der Waals surface area contributed by atoms with Crippen LogP contribution in [0.5, 0.6) is 5.75 Å². The Bertz CT molecular complexity index is 680. The predicted octanol–water partition coefficient (Wildman–Crippen LogP) is -0.00490. The van der Waals surface area contributed by atoms with Gasteiger partial charge in [0.25, 0.3) is 5.91 Å². The maximum atomic E-state index is 12.2. The number of quaternary nitrogens is 1. The number of hydrogen-bond acceptors (Lipinski definition) is 5. The highest BCUT2D eigenvalue weighted by atomic mass is 16.5. The summed E-state index contributed by atoms with van der Waals surface area (Å²) in [6.45, 7) is 5.02. The summed E-state index contributed by atoms with van der Waals surface area (Å²) < 4.78 is 15.9. The highest BCUT2D eigenvalue weighted by molar-refractivity contribution is 5.93. The molecule has 1 aliphatic heterocycles. The van der Waals surface area contributed by atoms with Crippen LogP contribution in [-0.2, 0) is 4.74 Å². The number of methoxy groups -OCH3 is 1. The van der Waals surface area contributed by atoms with Gasteiger partial charge in [0, 0.05) is 6.07 Å². The molecule has 0 unspecified atom stereocenters. The van der Waals surface area contributed by atoms with Gasteiger partial charge in [-0.3, -0.25) is 4.79 Å². The van der Waals surface area contributed by atoms with E-state index in [9.17, 15) is 4.79 Å². The van der Waals surface area contributed by atoms with E-state index in [0.717, 1.165) is 38.4 Å². The first kappa shape index (κ1) is 16.5. The third-order valence-corrected chi connectivity index (χ3v) is 4.08. The third kappa shape index (κ3) is 3.93. The van der Waals surface area contributed by atoms with Gasteiger partial charge in [-0.15, -0.1) is 0 Å². The third-order valence-electron chi connectivity index (χ3n) is 4.08. The van der Waals surface area contributed by atoms with Gasteiger partial charge in [0.15, 0.2) is 11.5 Å². The first-order valence-corrected chi connectivity index (χ1v) is 8.07. The average Bonchev–Trinajstić information content (AvgIpc) is 3.12. The van der Waals surface area contributed by atoms with Crippen LogP contribution in [0.3, 0.4) is 0 Å². The van der Waals surface area contributed by atoms with Gasteiger partial charge in [-0.25, -0.2) is 0 Å². The van der Waals surface area contributed by atoms with E-state index in [1.54, 1.807) is 13.2 Å². The van der Waals surface area contributed by atoms with Crippen LogP contribution in [0.25, 0.3) is 11.3 Å². The molecule has 0 spiro atoms. The highest BCUT2D eigenvalue weighted by Gasteiger charge is 2.17. The molecule has 2 N–H and O–H groups in total. The number of hydrogen-bond donors (Lipinski definition) is 2. The van der Waals surface area contributed by atoms with E-state index in [0.29, 0.717) is 18.1 Å². The molecule has 7 heteroatoms. The summed E-state index contributed by atoms with van der Waals surface area (Å²) in [4.78, 5) is 13.6. The molecule has 7 nitrogen and oxygen atoms in total. The number of carbonyl (C=O) groups excluding carboxylic acids is 1. The Hall–Kier alpha value is -2.38. The Morgan fingerprint density at radius 3 is 2.92 bits per heavy atom. The van der Waals surface area contributed by atoms with Gasteiger partial charge in [0.1, 0.15) is 18.8 Å². The lowest BCUT2D eigenvalue weighted by Gasteiger charge is -2.23. The van der Waals surface area contributed by atoms with Gasteiger partial charge in [-0.1, -0.05) is 17.3 Å². The van der Waals surface area contributed by atoms with E-state index in [2.05, 4.69) is 10.5 Å². The molecule has 1 aliphatic rings. The highest BCUT2D eigenvalue weighted by Crippen LogP contribution is 2.29. The summed E-state index contributed by atoms with van der Waals surface area (Å²) >= 11 is 0. The minimum absolute atomic E-state index is 0.229. The number of morpholine rings is 1. The number of ether oxygens (including phenoxy) is 2. The maximum absolute atomic E-state index is 12.2. The van der Waals surface area contributed by atoms with Gasteiger partial charge in [0.05, 0.1) is 39.0 Å². The molecule has 1 amide bonds. The SMILES string of the molecule is COc1ccccc1-c1cc(C(=O)NCC[NH+]2CCOCC2)no1. The van der Waals surface area contributed by atoms with E-state index in [4.69, 9.17) is 14.0 Å². The van der Waals surface area contributed by atoms with Gasteiger partial charge < -0.3 is 24.2 Å². The van der Waals surface area contributed by atoms with Crippen LogP contribution in [0.1, 0.15) is 10.5 Å². The minimum Gasteiger partial charge on any atom is -0.496 e. The molecule has 1 aromatic heterocycles. The molecular weight excluding hydrogens is 310 g/mol. The van der Waals surface area contributed by atoms with Crippen molar-refractivity contribution in [2.75, 3.05) is 46.5 Å². The van der Waals surface area contributed by atoms with Crippen LogP contribution >= 0.6 is 0 Å². The van der Waals surface area contributed by atoms with E-state index in [1.165, 1.54) is 4.90 Å². The first-order chi connectivity index (χ1) is 11.8. The van der Waals surface area contributed by atoms with E-state index in [1.807, 2.05) is 24.3 Å². The molecule has 2 aromatic rings. The van der Waals surface area contributed by atoms with Gasteiger partial charge in [-0.2, -0.15) is 0 Å². The van der Waals surface area contributed by atoms with Gasteiger partial charge in [-0.05, 0) is 12.1 Å². The largest absolute Gasteiger partial charge is 0.496 e. The fraction of sp³-hybridized carbons (Fsp3) is 0.412. The zero-order valence-electron chi connectivity index (χ0n) is 13.7. The molecule has 24 heavy (non-hydrogen) atoms. The Morgan fingerprint density at radius 2 is 2.12 bits per heavy atom. The van der Waals surface area contributed by atoms with Crippen LogP contribution in [-0.4, -0.2) is 57.6 Å². The molecule has 2 heterocycles. The van der Waals surface area contributed by atoms with Crippen LogP contribution in [0.15, 0.2) is 34.9 Å². The summed E-state index contributed by atoms with van der Waals surface area (Å²) in [5.41, 5.74) is 1.04. The molecule has 0 saturated carbocycles. The van der Waals surface area contributed by atoms with Crippen molar-refractivity contribution in [2.24, 2.45) is 0 Å². The fourth-order valence-electron chi connectivity index (χ4n) is 2.71. The second-order valence-electron chi connectivity index (χ2n) is 5.64. The van der Waals surface area contributed by atoms with Crippen molar-refractivity contribution in [3.63, 3.8) is 0 Å². The number of nitrogens with zero attached hydrogens (tertiary/aromatic N) is 1. The number of nitrogens with one attached hydrogen (secondary N) is 2. The molecular formula is C17H22N3O4+. The number of aromatic nitrogens is 1. The lowest BCUT2D eigenvalue weighted by atomic mass is 10.1. The van der Waals surface area contributed by atoms with E-state index >= 15 is 0 Å². The van der Waals surface area contributed by atoms with Crippen LogP contribution in [0.2, 0.25) is 0 Å². The molecule has 1 aromatic carbocycles. The molecule has 0 radical (unpaired) electrons. The summed E-state index contributed by atoms with van der Waals surface area (Å²) in [5, 5.41) is 6.75. The van der Waals surface area contributed by atoms with Gasteiger partial charge in [0.2, 0.25) is 0 Å². The lowest BCUT2D eigenvalue weighted by Crippen LogP contribution is -3.14. The molecule has 0 bridgehead atoms. The van der Waals surface area contributed by atoms with E-state index in [-0.39, 0.29) is 11.6 Å². The Kier molecular flexibility index (Phi) is 5.45. The number of benzene rings is 1. The molecule has 1 fully saturated rings. The first-order valence-electron chi connectivity index (χ1n) is 8.07. The Balaban J connectivity index is 1.57. The van der Waals surface area contributed by atoms with E-state index < -0.39 is 0 Å². The second-order valence-corrected chi connectivity index (χ2v) is 5.64. The molecule has 128 valence electrons. The standard InChI is InChI=1S/C17H21N3O4/c1-22-15-5-3-2-4-13(15)16-12-14(19-24-16)17(21)18-6-7-20-8-10-23-11-9-20/h2-5,12H,6-11H2,1H3,(H,18,21)/p+1. The summed E-state index contributed by atoms with van der Waals surface area (Å²) in [5.74, 6) is 0.959. The zero-order chi connectivity index (χ0) is 16.8. The normalized spacial score (nSPS) is 15.2. The zero-order valence-corrected chi connectivity index (χ0v) is 13.7. The van der Waals surface area contributed by atoms with Gasteiger partial charge >= 0.3 is 0 Å². The molecule has 3 rings (SSSR count). The Labute approximate surface area is 140 Å². The number of carbonyl (C=O) groups is 1. The van der Waals surface area contributed by atoms with Crippen LogP contribution in [0, 0.1) is 0 Å². The Morgan fingerprint density at radius 1 is 1.33 bits per heavy atom. The minimum atomic E-state index is -0.229. The van der Waals surface area contributed by atoms with Crippen LogP contribution < -0.4 is 15.0 Å². The average molecular weight is 332 g/mol. The topological polar surface area (TPSA) is 78.0 Å².